The number of nitrogens with one attached hydrogen (secondary N) is 3. The van der Waals surface area contributed by atoms with Crippen molar-refractivity contribution in [3.05, 3.63) is 76.4 Å². The molecule has 0 aliphatic carbocycles. The Morgan fingerprint density at radius 3 is 2.50 bits per heavy atom. The van der Waals surface area contributed by atoms with Gasteiger partial charge < -0.3 is 25.6 Å². The van der Waals surface area contributed by atoms with Crippen LogP contribution in [0.5, 0.6) is 0 Å². The molecule has 1 saturated heterocycles. The quantitative estimate of drug-likeness (QED) is 0.437. The number of nitrogens with zero attached hydrogens (tertiary/aromatic N) is 1. The number of aliphatic hydroxyl groups excluding tert-OH is 1. The lowest BCUT2D eigenvalue weighted by molar-refractivity contribution is -0.132. The molecule has 2 aliphatic rings. The maximum absolute atomic E-state index is 14.7. The van der Waals surface area contributed by atoms with Crippen LogP contribution in [0.4, 0.5) is 10.1 Å². The fourth-order valence-electron chi connectivity index (χ4n) is 5.57. The number of amides is 1. The smallest absolute Gasteiger partial charge is 0.227 e. The summed E-state index contributed by atoms with van der Waals surface area (Å²) in [6.07, 6.45) is 1.32. The summed E-state index contributed by atoms with van der Waals surface area (Å²) in [5.74, 6) is -0.190. The average molecular weight is 489 g/mol. The molecule has 188 valence electrons. The number of hydrogen-bond acceptors (Lipinski definition) is 4. The molecule has 0 bridgehead atoms. The number of benzene rings is 2. The number of aromatic nitrogens is 1. The van der Waals surface area contributed by atoms with Crippen molar-refractivity contribution in [2.24, 2.45) is 0 Å². The minimum Gasteiger partial charge on any atom is -0.369 e. The zero-order valence-corrected chi connectivity index (χ0v) is 21.2. The summed E-state index contributed by atoms with van der Waals surface area (Å²) in [6.45, 7) is 9.58. The Morgan fingerprint density at radius 2 is 1.78 bits per heavy atom. The zero-order chi connectivity index (χ0) is 25.6. The molecule has 2 aromatic carbocycles. The van der Waals surface area contributed by atoms with Gasteiger partial charge in [0.15, 0.2) is 6.23 Å². The highest BCUT2D eigenvalue weighted by atomic mass is 19.1. The van der Waals surface area contributed by atoms with E-state index in [2.05, 4.69) is 29.5 Å². The van der Waals surface area contributed by atoms with Gasteiger partial charge in [0.25, 0.3) is 0 Å². The highest BCUT2D eigenvalue weighted by Gasteiger charge is 2.29. The molecule has 1 unspecified atom stereocenters. The molecular weight excluding hydrogens is 455 g/mol. The van der Waals surface area contributed by atoms with Crippen molar-refractivity contribution in [3.63, 3.8) is 0 Å². The Bertz CT molecular complexity index is 1340. The lowest BCUT2D eigenvalue weighted by Crippen LogP contribution is -2.56. The number of rotatable bonds is 4. The highest BCUT2D eigenvalue weighted by Crippen LogP contribution is 2.43. The van der Waals surface area contributed by atoms with Gasteiger partial charge in [0.05, 0.1) is 6.42 Å². The molecule has 1 amide bonds. The van der Waals surface area contributed by atoms with Crippen molar-refractivity contribution < 1.29 is 14.3 Å². The number of aryl methyl sites for hydroxylation is 1. The second-order valence-corrected chi connectivity index (χ2v) is 10.1. The van der Waals surface area contributed by atoms with Crippen LogP contribution in [0.15, 0.2) is 42.5 Å². The van der Waals surface area contributed by atoms with Gasteiger partial charge >= 0.3 is 0 Å². The molecule has 3 aromatic rings. The van der Waals surface area contributed by atoms with Crippen LogP contribution in [0.1, 0.15) is 41.9 Å². The number of fused-ring (bicyclic) bond motifs is 1. The molecule has 1 fully saturated rings. The maximum atomic E-state index is 14.7. The van der Waals surface area contributed by atoms with Gasteiger partial charge in [-0.25, -0.2) is 4.39 Å². The fraction of sp³-hybridized carbons (Fsp3) is 0.345. The van der Waals surface area contributed by atoms with E-state index in [9.17, 15) is 14.3 Å². The van der Waals surface area contributed by atoms with E-state index in [1.807, 2.05) is 49.1 Å². The van der Waals surface area contributed by atoms with Crippen LogP contribution >= 0.6 is 0 Å². The lowest BCUT2D eigenvalue weighted by Gasteiger charge is -2.36. The first-order valence-electron chi connectivity index (χ1n) is 12.5. The number of anilines is 1. The molecule has 0 spiro atoms. The van der Waals surface area contributed by atoms with Gasteiger partial charge in [-0.1, -0.05) is 30.3 Å². The Hall–Kier alpha value is -3.42. The number of carbonyl (C=O) groups is 1. The average Bonchev–Trinajstić information content (AvgIpc) is 3.29. The lowest BCUT2D eigenvalue weighted by atomic mass is 9.93. The van der Waals surface area contributed by atoms with Crippen LogP contribution in [0, 0.1) is 19.7 Å². The predicted molar refractivity (Wildman–Crippen MR) is 142 cm³/mol. The Kier molecular flexibility index (Phi) is 6.45. The number of hydrogen-bond donors (Lipinski definition) is 4. The molecule has 3 heterocycles. The van der Waals surface area contributed by atoms with Gasteiger partial charge in [0.2, 0.25) is 5.91 Å². The van der Waals surface area contributed by atoms with Gasteiger partial charge in [0.1, 0.15) is 5.82 Å². The molecule has 6 nitrogen and oxygen atoms in total. The summed E-state index contributed by atoms with van der Waals surface area (Å²) in [7, 11) is 0. The summed E-state index contributed by atoms with van der Waals surface area (Å²) in [6, 6.07) is 12.8. The van der Waals surface area contributed by atoms with Crippen molar-refractivity contribution >= 4 is 23.2 Å². The van der Waals surface area contributed by atoms with Crippen LogP contribution in [0.3, 0.4) is 0 Å². The van der Waals surface area contributed by atoms with E-state index in [4.69, 9.17) is 0 Å². The van der Waals surface area contributed by atoms with E-state index in [0.29, 0.717) is 30.6 Å². The summed E-state index contributed by atoms with van der Waals surface area (Å²) < 4.78 is 14.7. The van der Waals surface area contributed by atoms with Crippen molar-refractivity contribution in [2.45, 2.75) is 52.4 Å². The Balaban J connectivity index is 1.49. The number of carbonyl (C=O) groups excluding carboxylic acids is 1. The molecule has 1 aromatic heterocycles. The van der Waals surface area contributed by atoms with E-state index < -0.39 is 6.23 Å². The first-order chi connectivity index (χ1) is 17.2. The molecule has 0 radical (unpaired) electrons. The molecule has 4 N–H and O–H groups in total. The third-order valence-corrected chi connectivity index (χ3v) is 7.27. The summed E-state index contributed by atoms with van der Waals surface area (Å²) >= 11 is 0. The van der Waals surface area contributed by atoms with Crippen LogP contribution in [0.2, 0.25) is 0 Å². The van der Waals surface area contributed by atoms with Gasteiger partial charge in [-0.3, -0.25) is 4.79 Å². The summed E-state index contributed by atoms with van der Waals surface area (Å²) in [4.78, 5) is 18.5. The topological polar surface area (TPSA) is 80.4 Å². The predicted octanol–water partition coefficient (Wildman–Crippen LogP) is 4.47. The van der Waals surface area contributed by atoms with E-state index in [-0.39, 0.29) is 23.8 Å². The van der Waals surface area contributed by atoms with Crippen molar-refractivity contribution in [3.8, 4) is 11.1 Å². The third kappa shape index (κ3) is 4.45. The van der Waals surface area contributed by atoms with Crippen molar-refractivity contribution in [1.82, 2.24) is 15.2 Å². The number of piperazine rings is 1. The first kappa shape index (κ1) is 24.3. The van der Waals surface area contributed by atoms with E-state index >= 15 is 0 Å². The summed E-state index contributed by atoms with van der Waals surface area (Å²) in [5.41, 5.74) is 7.14. The SMILES string of the molecule is Cc1[nH]c(/C=C2/c3c(cccc3-c3ccccc3F)NC2O)c(C)c1CC(=O)N1C[C@@H](C)N[C@@H](C)C1. The van der Waals surface area contributed by atoms with Crippen molar-refractivity contribution in [2.75, 3.05) is 18.4 Å². The second-order valence-electron chi connectivity index (χ2n) is 10.1. The second kappa shape index (κ2) is 9.56. The molecule has 0 saturated carbocycles. The van der Waals surface area contributed by atoms with Gasteiger partial charge in [-0.05, 0) is 62.6 Å². The van der Waals surface area contributed by atoms with Gasteiger partial charge in [-0.2, -0.15) is 0 Å². The number of aliphatic hydroxyl groups is 1. The fourth-order valence-corrected chi connectivity index (χ4v) is 5.57. The monoisotopic (exact) mass is 488 g/mol. The van der Waals surface area contributed by atoms with Gasteiger partial charge in [-0.15, -0.1) is 0 Å². The molecular formula is C29H33FN4O2. The third-order valence-electron chi connectivity index (χ3n) is 7.27. The molecule has 2 aliphatic heterocycles. The van der Waals surface area contributed by atoms with Crippen molar-refractivity contribution in [1.29, 1.82) is 0 Å². The molecule has 3 atom stereocenters. The van der Waals surface area contributed by atoms with Crippen LogP contribution in [-0.4, -0.2) is 52.3 Å². The van der Waals surface area contributed by atoms with E-state index in [1.165, 1.54) is 6.07 Å². The Labute approximate surface area is 211 Å². The molecule has 36 heavy (non-hydrogen) atoms. The largest absolute Gasteiger partial charge is 0.369 e. The molecule has 7 heteroatoms. The highest BCUT2D eigenvalue weighted by molar-refractivity contribution is 6.00. The zero-order valence-electron chi connectivity index (χ0n) is 21.2. The van der Waals surface area contributed by atoms with E-state index in [1.54, 1.807) is 12.1 Å². The normalized spacial score (nSPS) is 22.6. The Morgan fingerprint density at radius 1 is 1.08 bits per heavy atom. The number of H-pyrrole nitrogens is 1. The number of halogens is 1. The van der Waals surface area contributed by atoms with Gasteiger partial charge in [0, 0.05) is 58.9 Å². The van der Waals surface area contributed by atoms with Crippen LogP contribution in [-0.2, 0) is 11.2 Å². The minimum atomic E-state index is -0.926. The maximum Gasteiger partial charge on any atom is 0.227 e. The number of aromatic amines is 1. The first-order valence-corrected chi connectivity index (χ1v) is 12.5. The standard InChI is InChI=1S/C29H33FN4O2/c1-16-14-34(15-17(2)31-16)27(35)13-22-18(3)26(32-19(22)4)12-23-28-21(20-8-5-6-10-24(20)30)9-7-11-25(28)33-29(23)36/h5-12,16-17,29,31-33,36H,13-15H2,1-4H3/b23-12-/t16-,17+,29?. The molecule has 5 rings (SSSR count). The summed E-state index contributed by atoms with van der Waals surface area (Å²) in [5, 5.41) is 17.5. The van der Waals surface area contributed by atoms with E-state index in [0.717, 1.165) is 39.3 Å². The minimum absolute atomic E-state index is 0.120. The van der Waals surface area contributed by atoms with Crippen LogP contribution < -0.4 is 10.6 Å². The van der Waals surface area contributed by atoms with Crippen LogP contribution in [0.25, 0.3) is 22.8 Å².